The highest BCUT2D eigenvalue weighted by atomic mass is 32.1. The molecule has 35 heavy (non-hydrogen) atoms. The Labute approximate surface area is 210 Å². The Kier molecular flexibility index (Phi) is 6.73. The maximum Gasteiger partial charge on any atom is 0.270 e. The number of para-hydroxylation sites is 1. The van der Waals surface area contributed by atoms with Gasteiger partial charge in [0.1, 0.15) is 5.00 Å². The third kappa shape index (κ3) is 5.03. The average molecular weight is 509 g/mol. The molecule has 0 bridgehead atoms. The van der Waals surface area contributed by atoms with E-state index in [1.165, 1.54) is 22.7 Å². The lowest BCUT2D eigenvalue weighted by Crippen LogP contribution is -2.35. The minimum absolute atomic E-state index is 0.0298. The van der Waals surface area contributed by atoms with Gasteiger partial charge in [-0.3, -0.25) is 19.5 Å². The number of ether oxygens (including phenoxy) is 1. The number of carbonyl (C=O) groups is 2. The molecule has 1 aliphatic heterocycles. The van der Waals surface area contributed by atoms with E-state index in [0.717, 1.165) is 54.3 Å². The van der Waals surface area contributed by atoms with E-state index < -0.39 is 5.91 Å². The number of amides is 2. The molecule has 9 nitrogen and oxygen atoms in total. The van der Waals surface area contributed by atoms with Gasteiger partial charge in [-0.05, 0) is 18.2 Å². The highest BCUT2D eigenvalue weighted by molar-refractivity contribution is 7.20. The van der Waals surface area contributed by atoms with Gasteiger partial charge < -0.3 is 20.7 Å². The van der Waals surface area contributed by atoms with Gasteiger partial charge in [0.25, 0.3) is 11.8 Å². The number of nitrogens with two attached hydrogens (primary N) is 1. The van der Waals surface area contributed by atoms with Crippen LogP contribution in [0.5, 0.6) is 0 Å². The average Bonchev–Trinajstić information content (AvgIpc) is 3.51. The van der Waals surface area contributed by atoms with Crippen molar-refractivity contribution in [2.45, 2.75) is 6.54 Å². The number of rotatable bonds is 7. The topological polar surface area (TPSA) is 114 Å². The number of aromatic nitrogens is 2. The molecule has 4 aromatic rings. The zero-order chi connectivity index (χ0) is 24.4. The fourth-order valence-corrected chi connectivity index (χ4v) is 5.75. The highest BCUT2D eigenvalue weighted by Crippen LogP contribution is 2.36. The van der Waals surface area contributed by atoms with Crippen LogP contribution in [0.25, 0.3) is 10.9 Å². The van der Waals surface area contributed by atoms with Crippen LogP contribution in [0.15, 0.2) is 48.0 Å². The van der Waals surface area contributed by atoms with E-state index in [1.54, 1.807) is 6.20 Å². The molecule has 0 spiro atoms. The first-order valence-electron chi connectivity index (χ1n) is 11.1. The van der Waals surface area contributed by atoms with E-state index in [1.807, 2.05) is 53.7 Å². The number of benzene rings is 1. The Bertz CT molecular complexity index is 1370. The molecule has 11 heteroatoms. The van der Waals surface area contributed by atoms with Crippen molar-refractivity contribution in [3.05, 3.63) is 64.1 Å². The van der Waals surface area contributed by atoms with Crippen LogP contribution < -0.4 is 16.0 Å². The number of carbonyl (C=O) groups excluding carboxylic acids is 2. The minimum atomic E-state index is -0.703. The van der Waals surface area contributed by atoms with E-state index in [-0.39, 0.29) is 11.6 Å². The summed E-state index contributed by atoms with van der Waals surface area (Å²) >= 11 is 2.73. The molecular formula is C24H24N6O3S2. The summed E-state index contributed by atoms with van der Waals surface area (Å²) in [4.78, 5) is 39.3. The molecule has 1 aliphatic rings. The summed E-state index contributed by atoms with van der Waals surface area (Å²) in [6.07, 6.45) is 1.73. The monoisotopic (exact) mass is 508 g/mol. The van der Waals surface area contributed by atoms with Crippen molar-refractivity contribution in [3.8, 4) is 0 Å². The van der Waals surface area contributed by atoms with E-state index in [9.17, 15) is 9.59 Å². The van der Waals surface area contributed by atoms with E-state index >= 15 is 0 Å². The van der Waals surface area contributed by atoms with Crippen LogP contribution in [0.2, 0.25) is 0 Å². The number of thiophene rings is 1. The van der Waals surface area contributed by atoms with Gasteiger partial charge in [-0.25, -0.2) is 4.98 Å². The Morgan fingerprint density at radius 2 is 2.03 bits per heavy atom. The fourth-order valence-electron chi connectivity index (χ4n) is 3.90. The second-order valence-corrected chi connectivity index (χ2v) is 10.1. The van der Waals surface area contributed by atoms with Crippen LogP contribution >= 0.6 is 22.7 Å². The van der Waals surface area contributed by atoms with Gasteiger partial charge in [0.15, 0.2) is 10.8 Å². The smallest absolute Gasteiger partial charge is 0.270 e. The van der Waals surface area contributed by atoms with Gasteiger partial charge in [-0.2, -0.15) is 0 Å². The van der Waals surface area contributed by atoms with Gasteiger partial charge >= 0.3 is 0 Å². The predicted octanol–water partition coefficient (Wildman–Crippen LogP) is 3.70. The predicted molar refractivity (Wildman–Crippen MR) is 139 cm³/mol. The first-order valence-corrected chi connectivity index (χ1v) is 12.8. The number of hydrogen-bond acceptors (Lipinski definition) is 9. The molecule has 180 valence electrons. The lowest BCUT2D eigenvalue weighted by molar-refractivity contribution is 0.0346. The molecule has 1 fully saturated rings. The van der Waals surface area contributed by atoms with Crippen LogP contribution in [-0.2, 0) is 11.3 Å². The zero-order valence-corrected chi connectivity index (χ0v) is 20.7. The molecule has 5 rings (SSSR count). The fraction of sp³-hybridized carbons (Fsp3) is 0.250. The first kappa shape index (κ1) is 23.4. The van der Waals surface area contributed by atoms with E-state index in [0.29, 0.717) is 15.7 Å². The second kappa shape index (κ2) is 10.1. The summed E-state index contributed by atoms with van der Waals surface area (Å²) in [5, 5.41) is 6.49. The number of hydrogen-bond donors (Lipinski definition) is 2. The van der Waals surface area contributed by atoms with Crippen molar-refractivity contribution in [2.24, 2.45) is 5.73 Å². The molecule has 0 saturated carbocycles. The summed E-state index contributed by atoms with van der Waals surface area (Å²) in [6, 6.07) is 11.6. The van der Waals surface area contributed by atoms with Crippen LogP contribution in [0.3, 0.4) is 0 Å². The Balaban J connectivity index is 1.36. The quantitative estimate of drug-likeness (QED) is 0.391. The second-order valence-electron chi connectivity index (χ2n) is 8.09. The Hall–Kier alpha value is -3.38. The van der Waals surface area contributed by atoms with Crippen LogP contribution in [0.4, 0.5) is 15.8 Å². The van der Waals surface area contributed by atoms with Crippen molar-refractivity contribution >= 4 is 61.2 Å². The SMILES string of the molecule is CN(c1nc(C(N)=O)c(NC(=O)c2csc(CN3CCOCC3)c2)s1)c1cccc2cccnc12. The standard InChI is InChI=1S/C24H24N6O3S2/c1-29(18-6-2-4-15-5-3-7-26-19(15)18)24-27-20(21(25)31)23(35-24)28-22(32)16-12-17(34-14-16)13-30-8-10-33-11-9-30/h2-7,12,14H,8-11,13H2,1H3,(H2,25,31)(H,28,32). The van der Waals surface area contributed by atoms with E-state index in [4.69, 9.17) is 10.5 Å². The van der Waals surface area contributed by atoms with Gasteiger partial charge in [-0.1, -0.05) is 29.5 Å². The van der Waals surface area contributed by atoms with Crippen molar-refractivity contribution < 1.29 is 14.3 Å². The maximum atomic E-state index is 13.0. The van der Waals surface area contributed by atoms with Crippen molar-refractivity contribution in [3.63, 3.8) is 0 Å². The number of anilines is 3. The highest BCUT2D eigenvalue weighted by Gasteiger charge is 2.22. The summed E-state index contributed by atoms with van der Waals surface area (Å²) in [7, 11) is 1.84. The summed E-state index contributed by atoms with van der Waals surface area (Å²) < 4.78 is 5.39. The van der Waals surface area contributed by atoms with Gasteiger partial charge in [0.2, 0.25) is 0 Å². The third-order valence-corrected chi connectivity index (χ3v) is 7.70. The van der Waals surface area contributed by atoms with Crippen molar-refractivity contribution in [1.82, 2.24) is 14.9 Å². The number of nitrogens with zero attached hydrogens (tertiary/aromatic N) is 4. The first-order chi connectivity index (χ1) is 17.0. The molecule has 0 radical (unpaired) electrons. The number of fused-ring (bicyclic) bond motifs is 1. The largest absolute Gasteiger partial charge is 0.379 e. The Morgan fingerprint density at radius 3 is 2.83 bits per heavy atom. The van der Waals surface area contributed by atoms with Crippen LogP contribution in [0, 0.1) is 0 Å². The number of pyridine rings is 1. The number of primary amides is 1. The minimum Gasteiger partial charge on any atom is -0.379 e. The summed E-state index contributed by atoms with van der Waals surface area (Å²) in [5.74, 6) is -1.01. The van der Waals surface area contributed by atoms with Crippen molar-refractivity contribution in [1.29, 1.82) is 0 Å². The van der Waals surface area contributed by atoms with Crippen LogP contribution in [0.1, 0.15) is 25.7 Å². The van der Waals surface area contributed by atoms with Gasteiger partial charge in [0.05, 0.1) is 30.0 Å². The Morgan fingerprint density at radius 1 is 1.23 bits per heavy atom. The molecule has 0 atom stereocenters. The molecule has 0 aliphatic carbocycles. The molecule has 3 N–H and O–H groups in total. The molecule has 4 heterocycles. The van der Waals surface area contributed by atoms with Crippen molar-refractivity contribution in [2.75, 3.05) is 43.6 Å². The van der Waals surface area contributed by atoms with Gasteiger partial charge in [-0.15, -0.1) is 11.3 Å². The summed E-state index contributed by atoms with van der Waals surface area (Å²) in [5.41, 5.74) is 7.80. The zero-order valence-electron chi connectivity index (χ0n) is 19.1. The molecule has 2 amide bonds. The lowest BCUT2D eigenvalue weighted by atomic mass is 10.2. The molecule has 1 saturated heterocycles. The third-order valence-electron chi connectivity index (χ3n) is 5.74. The number of morpholine rings is 1. The van der Waals surface area contributed by atoms with E-state index in [2.05, 4.69) is 20.2 Å². The molecule has 1 aromatic carbocycles. The molecular weight excluding hydrogens is 484 g/mol. The normalized spacial score (nSPS) is 14.2. The number of thiazole rings is 1. The molecule has 0 unspecified atom stereocenters. The maximum absolute atomic E-state index is 13.0. The summed E-state index contributed by atoms with van der Waals surface area (Å²) in [6.45, 7) is 4.00. The van der Waals surface area contributed by atoms with Crippen LogP contribution in [-0.4, -0.2) is 60.0 Å². The van der Waals surface area contributed by atoms with Gasteiger partial charge in [0, 0.05) is 48.5 Å². The number of nitrogens with one attached hydrogen (secondary N) is 1. The molecule has 3 aromatic heterocycles. The lowest BCUT2D eigenvalue weighted by Gasteiger charge is -2.25.